The Kier molecular flexibility index (Phi) is 42.9. The largest absolute Gasteiger partial charge is 0.444 e. The van der Waals surface area contributed by atoms with E-state index in [9.17, 15) is 4.79 Å². The molecule has 0 saturated heterocycles. The van der Waals surface area contributed by atoms with E-state index in [1.54, 1.807) is 7.05 Å². The molecule has 0 aliphatic heterocycles. The van der Waals surface area contributed by atoms with E-state index in [2.05, 4.69) is 6.92 Å². The van der Waals surface area contributed by atoms with E-state index in [1.807, 2.05) is 20.8 Å². The summed E-state index contributed by atoms with van der Waals surface area (Å²) in [6.07, 6.45) is 10.1. The molecular formula is C40H81NO14. The summed E-state index contributed by atoms with van der Waals surface area (Å²) in [5.41, 5.74) is -0.511. The zero-order chi connectivity index (χ0) is 40.2. The molecule has 0 aromatic heterocycles. The maximum atomic E-state index is 11.9. The molecule has 15 nitrogen and oxygen atoms in total. The molecule has 1 amide bonds. The molecule has 330 valence electrons. The maximum absolute atomic E-state index is 11.9. The summed E-state index contributed by atoms with van der Waals surface area (Å²) in [6.45, 7) is 20.8. The Hall–Kier alpha value is -1.21. The molecule has 0 fully saturated rings. The highest BCUT2D eigenvalue weighted by Gasteiger charge is 2.19. The number of hydrogen-bond donors (Lipinski definition) is 0. The lowest BCUT2D eigenvalue weighted by molar-refractivity contribution is -0.0285. The molecule has 0 aliphatic rings. The second-order valence-corrected chi connectivity index (χ2v) is 13.7. The topological polar surface area (TPSA) is 140 Å². The third kappa shape index (κ3) is 47.1. The fraction of sp³-hybridized carbons (Fsp3) is 0.975. The second kappa shape index (κ2) is 43.9. The van der Waals surface area contributed by atoms with Crippen molar-refractivity contribution in [2.75, 3.05) is 172 Å². The Labute approximate surface area is 333 Å². The van der Waals surface area contributed by atoms with Gasteiger partial charge in [-0.25, -0.2) is 4.79 Å². The van der Waals surface area contributed by atoms with Crippen molar-refractivity contribution in [3.05, 3.63) is 0 Å². The molecule has 0 aromatic rings. The number of ether oxygens (including phenoxy) is 13. The highest BCUT2D eigenvalue weighted by atomic mass is 16.6. The highest BCUT2D eigenvalue weighted by Crippen LogP contribution is 2.09. The van der Waals surface area contributed by atoms with Crippen LogP contribution in [0.3, 0.4) is 0 Å². The molecule has 0 heterocycles. The lowest BCUT2D eigenvalue weighted by atomic mass is 10.1. The van der Waals surface area contributed by atoms with Gasteiger partial charge in [0, 0.05) is 20.2 Å². The lowest BCUT2D eigenvalue weighted by Crippen LogP contribution is -2.36. The molecule has 0 bridgehead atoms. The van der Waals surface area contributed by atoms with E-state index >= 15 is 0 Å². The SMILES string of the molecule is CCCCCCCCCCOCCOCCOCCOCCOCCOCCOCCOCCOCCOCCOCCOCCN(C)C(=O)OC(C)(C)C. The van der Waals surface area contributed by atoms with Gasteiger partial charge in [0.2, 0.25) is 0 Å². The maximum Gasteiger partial charge on any atom is 0.410 e. The Morgan fingerprint density at radius 1 is 0.364 bits per heavy atom. The van der Waals surface area contributed by atoms with Crippen LogP contribution in [0.1, 0.15) is 79.1 Å². The molecule has 0 rings (SSSR count). The first-order valence-electron chi connectivity index (χ1n) is 20.7. The number of carbonyl (C=O) groups excluding carboxylic acids is 1. The molecule has 0 N–H and O–H groups in total. The summed E-state index contributed by atoms with van der Waals surface area (Å²) in [4.78, 5) is 13.4. The van der Waals surface area contributed by atoms with E-state index in [4.69, 9.17) is 61.6 Å². The summed E-state index contributed by atoms with van der Waals surface area (Å²) >= 11 is 0. The minimum Gasteiger partial charge on any atom is -0.444 e. The smallest absolute Gasteiger partial charge is 0.410 e. The van der Waals surface area contributed by atoms with Crippen LogP contribution in [0, 0.1) is 0 Å². The van der Waals surface area contributed by atoms with Crippen molar-refractivity contribution in [1.29, 1.82) is 0 Å². The van der Waals surface area contributed by atoms with E-state index in [0.717, 1.165) is 13.0 Å². The predicted molar refractivity (Wildman–Crippen MR) is 211 cm³/mol. The highest BCUT2D eigenvalue weighted by molar-refractivity contribution is 5.67. The number of carbonyl (C=O) groups is 1. The van der Waals surface area contributed by atoms with Gasteiger partial charge in [-0.2, -0.15) is 0 Å². The number of unbranched alkanes of at least 4 members (excludes halogenated alkanes) is 7. The van der Waals surface area contributed by atoms with Crippen molar-refractivity contribution >= 4 is 6.09 Å². The number of amides is 1. The molecular weight excluding hydrogens is 718 g/mol. The van der Waals surface area contributed by atoms with Gasteiger partial charge in [0.05, 0.1) is 152 Å². The summed E-state index contributed by atoms with van der Waals surface area (Å²) in [6, 6.07) is 0. The third-order valence-corrected chi connectivity index (χ3v) is 7.51. The molecule has 0 radical (unpaired) electrons. The van der Waals surface area contributed by atoms with Gasteiger partial charge >= 0.3 is 6.09 Å². The number of nitrogens with zero attached hydrogens (tertiary/aromatic N) is 1. The van der Waals surface area contributed by atoms with E-state index in [1.165, 1.54) is 49.8 Å². The molecule has 55 heavy (non-hydrogen) atoms. The predicted octanol–water partition coefficient (Wildman–Crippen LogP) is 5.19. The zero-order valence-electron chi connectivity index (χ0n) is 35.5. The minimum atomic E-state index is -0.511. The fourth-order valence-corrected chi connectivity index (χ4v) is 4.49. The molecule has 0 spiro atoms. The van der Waals surface area contributed by atoms with E-state index in [0.29, 0.717) is 159 Å². The van der Waals surface area contributed by atoms with Crippen molar-refractivity contribution in [2.24, 2.45) is 0 Å². The van der Waals surface area contributed by atoms with Crippen molar-refractivity contribution in [3.63, 3.8) is 0 Å². The molecule has 0 unspecified atom stereocenters. The Balaban J connectivity index is 3.12. The van der Waals surface area contributed by atoms with Crippen LogP contribution in [0.4, 0.5) is 4.79 Å². The zero-order valence-corrected chi connectivity index (χ0v) is 35.5. The van der Waals surface area contributed by atoms with Gasteiger partial charge in [-0.1, -0.05) is 51.9 Å². The van der Waals surface area contributed by atoms with Gasteiger partial charge in [0.25, 0.3) is 0 Å². The van der Waals surface area contributed by atoms with E-state index < -0.39 is 5.60 Å². The monoisotopic (exact) mass is 800 g/mol. The van der Waals surface area contributed by atoms with Crippen molar-refractivity contribution < 1.29 is 66.4 Å². The Morgan fingerprint density at radius 3 is 0.873 bits per heavy atom. The Morgan fingerprint density at radius 2 is 0.600 bits per heavy atom. The van der Waals surface area contributed by atoms with Crippen LogP contribution < -0.4 is 0 Å². The van der Waals surface area contributed by atoms with Gasteiger partial charge in [-0.05, 0) is 27.2 Å². The molecule has 15 heteroatoms. The number of hydrogen-bond acceptors (Lipinski definition) is 14. The van der Waals surface area contributed by atoms with Gasteiger partial charge in [0.1, 0.15) is 5.60 Å². The summed E-state index contributed by atoms with van der Waals surface area (Å²) in [5, 5.41) is 0. The number of likely N-dealkylation sites (N-methyl/N-ethyl adjacent to an activating group) is 1. The van der Waals surface area contributed by atoms with Crippen molar-refractivity contribution in [3.8, 4) is 0 Å². The molecule has 0 aromatic carbocycles. The van der Waals surface area contributed by atoms with Crippen LogP contribution in [0.5, 0.6) is 0 Å². The van der Waals surface area contributed by atoms with Crippen LogP contribution in [0.2, 0.25) is 0 Å². The first-order chi connectivity index (χ1) is 26.9. The molecule has 0 aliphatic carbocycles. The van der Waals surface area contributed by atoms with Crippen LogP contribution in [0.15, 0.2) is 0 Å². The second-order valence-electron chi connectivity index (χ2n) is 13.7. The van der Waals surface area contributed by atoms with Crippen LogP contribution >= 0.6 is 0 Å². The van der Waals surface area contributed by atoms with Gasteiger partial charge < -0.3 is 66.5 Å². The first-order valence-corrected chi connectivity index (χ1v) is 20.7. The summed E-state index contributed by atoms with van der Waals surface area (Å²) < 4.78 is 71.5. The fourth-order valence-electron chi connectivity index (χ4n) is 4.49. The van der Waals surface area contributed by atoms with Gasteiger partial charge in [0.15, 0.2) is 0 Å². The normalized spacial score (nSPS) is 11.8. The summed E-state index contributed by atoms with van der Waals surface area (Å²) in [7, 11) is 1.68. The minimum absolute atomic E-state index is 0.363. The Bertz CT molecular complexity index is 762. The average molecular weight is 800 g/mol. The van der Waals surface area contributed by atoms with Gasteiger partial charge in [-0.3, -0.25) is 0 Å². The lowest BCUT2D eigenvalue weighted by Gasteiger charge is -2.24. The standard InChI is InChI=1S/C40H81NO14/c1-6-7-8-9-10-11-12-13-15-43-17-19-45-21-23-47-25-27-49-29-31-51-33-35-53-37-38-54-36-34-52-32-30-50-28-26-48-24-22-46-20-18-44-16-14-41(5)39(42)55-40(2,3)4/h6-38H2,1-5H3. The summed E-state index contributed by atoms with van der Waals surface area (Å²) in [5.74, 6) is 0. The molecule has 0 atom stereocenters. The third-order valence-electron chi connectivity index (χ3n) is 7.51. The molecule has 0 saturated carbocycles. The first kappa shape index (κ1) is 53.8. The van der Waals surface area contributed by atoms with Crippen LogP contribution in [-0.4, -0.2) is 189 Å². The van der Waals surface area contributed by atoms with Crippen molar-refractivity contribution in [1.82, 2.24) is 4.90 Å². The van der Waals surface area contributed by atoms with E-state index in [-0.39, 0.29) is 6.09 Å². The van der Waals surface area contributed by atoms with Gasteiger partial charge in [-0.15, -0.1) is 0 Å². The average Bonchev–Trinajstić information content (AvgIpc) is 3.15. The van der Waals surface area contributed by atoms with Crippen molar-refractivity contribution in [2.45, 2.75) is 84.7 Å². The van der Waals surface area contributed by atoms with Crippen LogP contribution in [-0.2, 0) is 61.6 Å². The number of rotatable bonds is 45. The quantitative estimate of drug-likeness (QED) is 0.0747. The van der Waals surface area contributed by atoms with Crippen LogP contribution in [0.25, 0.3) is 0 Å².